The summed E-state index contributed by atoms with van der Waals surface area (Å²) in [6.07, 6.45) is 6.51. The van der Waals surface area contributed by atoms with E-state index >= 15 is 0 Å². The van der Waals surface area contributed by atoms with Crippen molar-refractivity contribution < 1.29 is 5.11 Å². The molecule has 0 bridgehead atoms. The number of hydrogen-bond donors (Lipinski definition) is 2. The average molecular weight is 336 g/mol. The van der Waals surface area contributed by atoms with Gasteiger partial charge < -0.3 is 10.8 Å². The molecule has 0 spiro atoms. The van der Waals surface area contributed by atoms with E-state index in [9.17, 15) is 5.11 Å². The minimum absolute atomic E-state index is 0.114. The lowest BCUT2D eigenvalue weighted by Gasteiger charge is -2.29. The van der Waals surface area contributed by atoms with Gasteiger partial charge in [-0.2, -0.15) is 0 Å². The normalized spacial score (nSPS) is 14.7. The molecule has 126 valence electrons. The van der Waals surface area contributed by atoms with Gasteiger partial charge in [0.1, 0.15) is 5.75 Å². The molecule has 5 heteroatoms. The van der Waals surface area contributed by atoms with Crippen molar-refractivity contribution in [1.29, 1.82) is 0 Å². The lowest BCUT2D eigenvalue weighted by Crippen LogP contribution is -2.26. The standard InChI is InChI=1S/C18H26ClN3O/c1-5-9-21-12-13(2)18(22(4)10-8-14(3)20)16-7-6-15(19)11-17(16)23/h6-9,11-12,18,23H,5,10,20H2,1-4H3/b13-12+,14-8+,21-9?. The summed E-state index contributed by atoms with van der Waals surface area (Å²) in [5.41, 5.74) is 8.32. The number of rotatable bonds is 7. The Hall–Kier alpha value is -1.78. The van der Waals surface area contributed by atoms with Crippen molar-refractivity contribution in [2.45, 2.75) is 33.2 Å². The zero-order chi connectivity index (χ0) is 17.4. The molecular formula is C18H26ClN3O. The summed E-state index contributed by atoms with van der Waals surface area (Å²) in [5, 5.41) is 10.8. The third-order valence-corrected chi connectivity index (χ3v) is 3.66. The van der Waals surface area contributed by atoms with Crippen molar-refractivity contribution in [2.75, 3.05) is 13.6 Å². The van der Waals surface area contributed by atoms with Crippen molar-refractivity contribution in [3.63, 3.8) is 0 Å². The highest BCUT2D eigenvalue weighted by Gasteiger charge is 2.21. The van der Waals surface area contributed by atoms with Crippen LogP contribution in [0, 0.1) is 0 Å². The molecular weight excluding hydrogens is 310 g/mol. The van der Waals surface area contributed by atoms with Crippen LogP contribution >= 0.6 is 11.6 Å². The summed E-state index contributed by atoms with van der Waals surface area (Å²) in [6, 6.07) is 5.07. The van der Waals surface area contributed by atoms with Gasteiger partial charge in [-0.3, -0.25) is 9.89 Å². The van der Waals surface area contributed by atoms with Crippen molar-refractivity contribution in [1.82, 2.24) is 4.90 Å². The van der Waals surface area contributed by atoms with Crippen LogP contribution in [-0.2, 0) is 0 Å². The Morgan fingerprint density at radius 2 is 2.13 bits per heavy atom. The maximum Gasteiger partial charge on any atom is 0.122 e. The fraction of sp³-hybridized carbons (Fsp3) is 0.389. The van der Waals surface area contributed by atoms with Gasteiger partial charge in [0.2, 0.25) is 0 Å². The number of halogens is 1. The van der Waals surface area contributed by atoms with Gasteiger partial charge in [-0.15, -0.1) is 0 Å². The first kappa shape index (κ1) is 19.3. The number of aliphatic imine (C=N–C) groups is 1. The molecule has 1 rings (SSSR count). The van der Waals surface area contributed by atoms with Crippen molar-refractivity contribution in [3.05, 3.63) is 52.3 Å². The van der Waals surface area contributed by atoms with Gasteiger partial charge in [0, 0.05) is 35.2 Å². The number of phenolic OH excluding ortho intramolecular Hbond substituents is 1. The molecule has 0 aliphatic carbocycles. The van der Waals surface area contributed by atoms with E-state index in [1.54, 1.807) is 12.1 Å². The molecule has 1 aromatic rings. The molecule has 0 aliphatic rings. The molecule has 0 aliphatic heterocycles. The van der Waals surface area contributed by atoms with Crippen LogP contribution in [0.3, 0.4) is 0 Å². The first-order valence-corrected chi connectivity index (χ1v) is 8.03. The van der Waals surface area contributed by atoms with Gasteiger partial charge in [-0.25, -0.2) is 0 Å². The minimum Gasteiger partial charge on any atom is -0.508 e. The molecule has 1 unspecified atom stereocenters. The molecule has 1 aromatic carbocycles. The number of phenols is 1. The Morgan fingerprint density at radius 3 is 2.70 bits per heavy atom. The molecule has 0 heterocycles. The van der Waals surface area contributed by atoms with Crippen LogP contribution in [0.2, 0.25) is 5.02 Å². The van der Waals surface area contributed by atoms with Crippen LogP contribution in [0.15, 0.2) is 46.7 Å². The smallest absolute Gasteiger partial charge is 0.122 e. The van der Waals surface area contributed by atoms with E-state index in [1.807, 2.05) is 52.4 Å². The Labute approximate surface area is 144 Å². The summed E-state index contributed by atoms with van der Waals surface area (Å²) in [6.45, 7) is 6.56. The van der Waals surface area contributed by atoms with E-state index in [0.717, 1.165) is 23.3 Å². The summed E-state index contributed by atoms with van der Waals surface area (Å²) in [5.74, 6) is 0.176. The summed E-state index contributed by atoms with van der Waals surface area (Å²) in [4.78, 5) is 6.40. The largest absolute Gasteiger partial charge is 0.508 e. The zero-order valence-electron chi connectivity index (χ0n) is 14.3. The Morgan fingerprint density at radius 1 is 1.43 bits per heavy atom. The van der Waals surface area contributed by atoms with E-state index < -0.39 is 0 Å². The first-order valence-electron chi connectivity index (χ1n) is 7.66. The van der Waals surface area contributed by atoms with Gasteiger partial charge in [0.05, 0.1) is 6.04 Å². The third-order valence-electron chi connectivity index (χ3n) is 3.43. The van der Waals surface area contributed by atoms with Gasteiger partial charge in [0.25, 0.3) is 0 Å². The number of aromatic hydroxyl groups is 1. The maximum absolute atomic E-state index is 10.3. The minimum atomic E-state index is -0.114. The number of nitrogens with two attached hydrogens (primary N) is 1. The second kappa shape index (κ2) is 9.38. The molecule has 3 N–H and O–H groups in total. The van der Waals surface area contributed by atoms with Gasteiger partial charge >= 0.3 is 0 Å². The second-order valence-corrected chi connectivity index (χ2v) is 6.04. The number of likely N-dealkylation sites (N-methyl/N-ethyl adjacent to an activating group) is 1. The maximum atomic E-state index is 10.3. The van der Waals surface area contributed by atoms with Crippen molar-refractivity contribution in [2.24, 2.45) is 10.7 Å². The van der Waals surface area contributed by atoms with Crippen molar-refractivity contribution >= 4 is 17.8 Å². The average Bonchev–Trinajstić information content (AvgIpc) is 2.48. The second-order valence-electron chi connectivity index (χ2n) is 5.61. The quantitative estimate of drug-likeness (QED) is 0.731. The Balaban J connectivity index is 3.22. The molecule has 0 amide bonds. The Bertz CT molecular complexity index is 604. The van der Waals surface area contributed by atoms with E-state index in [4.69, 9.17) is 17.3 Å². The van der Waals surface area contributed by atoms with Crippen LogP contribution in [0.4, 0.5) is 0 Å². The molecule has 4 nitrogen and oxygen atoms in total. The van der Waals surface area contributed by atoms with Gasteiger partial charge in [-0.1, -0.05) is 30.7 Å². The third kappa shape index (κ3) is 6.08. The molecule has 0 saturated carbocycles. The number of allylic oxidation sites excluding steroid dienone is 1. The fourth-order valence-electron chi connectivity index (χ4n) is 2.32. The van der Waals surface area contributed by atoms with Crippen LogP contribution in [0.5, 0.6) is 5.75 Å². The fourth-order valence-corrected chi connectivity index (χ4v) is 2.48. The summed E-state index contributed by atoms with van der Waals surface area (Å²) in [7, 11) is 1.99. The first-order chi connectivity index (χ1) is 10.9. The monoisotopic (exact) mass is 335 g/mol. The van der Waals surface area contributed by atoms with E-state index in [0.29, 0.717) is 11.6 Å². The number of nitrogens with zero attached hydrogens (tertiary/aromatic N) is 2. The zero-order valence-corrected chi connectivity index (χ0v) is 15.0. The van der Waals surface area contributed by atoms with Gasteiger partial charge in [-0.05, 0) is 45.0 Å². The molecule has 23 heavy (non-hydrogen) atoms. The Kier molecular flexibility index (Phi) is 7.86. The van der Waals surface area contributed by atoms with E-state index in [2.05, 4.69) is 9.89 Å². The van der Waals surface area contributed by atoms with Crippen LogP contribution in [0.1, 0.15) is 38.8 Å². The SMILES string of the molecule is CCC=N/C=C(\C)C(c1ccc(Cl)cc1O)N(C)C/C=C(\C)N. The number of hydrogen-bond acceptors (Lipinski definition) is 4. The van der Waals surface area contributed by atoms with Crippen LogP contribution in [-0.4, -0.2) is 29.8 Å². The van der Waals surface area contributed by atoms with Crippen LogP contribution in [0.25, 0.3) is 0 Å². The van der Waals surface area contributed by atoms with Crippen LogP contribution < -0.4 is 5.73 Å². The molecule has 0 saturated heterocycles. The predicted molar refractivity (Wildman–Crippen MR) is 99.0 cm³/mol. The van der Waals surface area contributed by atoms with Crippen molar-refractivity contribution in [3.8, 4) is 5.75 Å². The molecule has 0 radical (unpaired) electrons. The lowest BCUT2D eigenvalue weighted by molar-refractivity contribution is 0.296. The van der Waals surface area contributed by atoms with E-state index in [-0.39, 0.29) is 11.8 Å². The summed E-state index contributed by atoms with van der Waals surface area (Å²) >= 11 is 5.95. The topological polar surface area (TPSA) is 61.9 Å². The molecule has 1 atom stereocenters. The predicted octanol–water partition coefficient (Wildman–Crippen LogP) is 4.27. The van der Waals surface area contributed by atoms with Gasteiger partial charge in [0.15, 0.2) is 0 Å². The lowest BCUT2D eigenvalue weighted by atomic mass is 9.98. The highest BCUT2D eigenvalue weighted by molar-refractivity contribution is 6.30. The van der Waals surface area contributed by atoms with E-state index in [1.165, 1.54) is 0 Å². The molecule has 0 fully saturated rings. The number of benzene rings is 1. The highest BCUT2D eigenvalue weighted by Crippen LogP contribution is 2.35. The summed E-state index contributed by atoms with van der Waals surface area (Å²) < 4.78 is 0. The highest BCUT2D eigenvalue weighted by atomic mass is 35.5. The molecule has 0 aromatic heterocycles.